The van der Waals surface area contributed by atoms with Crippen LogP contribution >= 0.6 is 7.82 Å². The number of nitrogens with zero attached hydrogens (tertiary/aromatic N) is 1. The summed E-state index contributed by atoms with van der Waals surface area (Å²) >= 11 is 0. The van der Waals surface area contributed by atoms with E-state index in [1.807, 2.05) is 33.3 Å². The van der Waals surface area contributed by atoms with E-state index in [2.05, 4.69) is 50.3 Å². The molecule has 0 aliphatic rings. The average molecular weight is 656 g/mol. The van der Waals surface area contributed by atoms with Gasteiger partial charge in [-0.15, -0.1) is 0 Å². The van der Waals surface area contributed by atoms with Gasteiger partial charge >= 0.3 is 11.9 Å². The number of hydrogen-bond acceptors (Lipinski definition) is 8. The van der Waals surface area contributed by atoms with Crippen molar-refractivity contribution in [3.63, 3.8) is 0 Å². The molecule has 0 heterocycles. The minimum atomic E-state index is -4.63. The summed E-state index contributed by atoms with van der Waals surface area (Å²) in [5.74, 6) is -0.941. The Morgan fingerprint density at radius 2 is 1.27 bits per heavy atom. The van der Waals surface area contributed by atoms with Gasteiger partial charge in [0.25, 0.3) is 7.82 Å². The lowest BCUT2D eigenvalue weighted by molar-refractivity contribution is -0.870. The van der Waals surface area contributed by atoms with E-state index in [9.17, 15) is 19.0 Å². The van der Waals surface area contributed by atoms with Gasteiger partial charge in [-0.3, -0.25) is 14.2 Å². The van der Waals surface area contributed by atoms with Gasteiger partial charge in [0.1, 0.15) is 19.8 Å². The number of carbonyl (C=O) groups is 2. The molecule has 0 radical (unpaired) electrons. The molecule has 260 valence electrons. The molecule has 2 atom stereocenters. The highest BCUT2D eigenvalue weighted by atomic mass is 31.2. The fourth-order valence-electron chi connectivity index (χ4n) is 3.96. The maximum absolute atomic E-state index is 12.5. The standard InChI is InChI=1S/C35H62NO8P/c1-6-8-10-12-14-16-17-18-19-20-22-24-26-28-35(38)44-33(32-43-45(39,40)42-30-29-36(3,4)5)31-41-34(37)27-25-23-21-15-13-11-9-7-2/h8,10,14,16,18-19,22,24,33H,6-7,9,11-13,15,17,20-21,23,25-32H2,1-5H3/b10-8-,16-14-,19-18-,24-22-. The van der Waals surface area contributed by atoms with Crippen molar-refractivity contribution in [2.75, 3.05) is 47.5 Å². The summed E-state index contributed by atoms with van der Waals surface area (Å²) in [7, 11) is 1.11. The Balaban J connectivity index is 4.65. The van der Waals surface area contributed by atoms with Crippen molar-refractivity contribution in [3.8, 4) is 0 Å². The lowest BCUT2D eigenvalue weighted by Gasteiger charge is -2.28. The van der Waals surface area contributed by atoms with Crippen LogP contribution < -0.4 is 4.89 Å². The first kappa shape index (κ1) is 43.0. The molecule has 0 fully saturated rings. The highest BCUT2D eigenvalue weighted by molar-refractivity contribution is 7.45. The molecule has 0 spiro atoms. The Morgan fingerprint density at radius 1 is 0.711 bits per heavy atom. The number of esters is 2. The van der Waals surface area contributed by atoms with Crippen molar-refractivity contribution in [2.45, 2.75) is 116 Å². The highest BCUT2D eigenvalue weighted by Crippen LogP contribution is 2.38. The molecule has 0 saturated carbocycles. The van der Waals surface area contributed by atoms with Crippen LogP contribution in [0.25, 0.3) is 0 Å². The van der Waals surface area contributed by atoms with Crippen LogP contribution in [0.2, 0.25) is 0 Å². The molecule has 0 aromatic heterocycles. The van der Waals surface area contributed by atoms with E-state index < -0.39 is 32.5 Å². The maximum atomic E-state index is 12.5. The number of phosphoric ester groups is 1. The second-order valence-corrected chi connectivity index (χ2v) is 13.6. The molecule has 45 heavy (non-hydrogen) atoms. The van der Waals surface area contributed by atoms with E-state index in [4.69, 9.17) is 18.5 Å². The Labute approximate surface area is 273 Å². The number of quaternary nitrogens is 1. The van der Waals surface area contributed by atoms with E-state index in [0.717, 1.165) is 51.4 Å². The van der Waals surface area contributed by atoms with Crippen molar-refractivity contribution in [3.05, 3.63) is 48.6 Å². The van der Waals surface area contributed by atoms with Crippen LogP contribution in [-0.2, 0) is 32.7 Å². The number of hydrogen-bond donors (Lipinski definition) is 0. The molecule has 2 unspecified atom stereocenters. The van der Waals surface area contributed by atoms with E-state index in [-0.39, 0.29) is 26.1 Å². The second kappa shape index (κ2) is 28.2. The summed E-state index contributed by atoms with van der Waals surface area (Å²) in [4.78, 5) is 37.0. The third-order valence-electron chi connectivity index (χ3n) is 6.63. The van der Waals surface area contributed by atoms with Gasteiger partial charge < -0.3 is 27.9 Å². The SMILES string of the molecule is CC/C=C\C/C=C\C/C=C\C/C=C\CCC(=O)OC(COC(=O)CCCCCCCCCC)COP(=O)([O-])OCC[N+](C)(C)C. The van der Waals surface area contributed by atoms with Crippen LogP contribution in [0.1, 0.15) is 110 Å². The predicted octanol–water partition coefficient (Wildman–Crippen LogP) is 7.77. The van der Waals surface area contributed by atoms with Crippen LogP contribution in [0, 0.1) is 0 Å². The quantitative estimate of drug-likeness (QED) is 0.0264. The van der Waals surface area contributed by atoms with Crippen LogP contribution in [0.4, 0.5) is 0 Å². The monoisotopic (exact) mass is 655 g/mol. The van der Waals surface area contributed by atoms with Gasteiger partial charge in [-0.1, -0.05) is 107 Å². The van der Waals surface area contributed by atoms with Gasteiger partial charge in [0.15, 0.2) is 6.10 Å². The lowest BCUT2D eigenvalue weighted by atomic mass is 10.1. The van der Waals surface area contributed by atoms with Gasteiger partial charge in [-0.25, -0.2) is 0 Å². The van der Waals surface area contributed by atoms with Gasteiger partial charge in [0.05, 0.1) is 27.7 Å². The summed E-state index contributed by atoms with van der Waals surface area (Å²) in [5, 5.41) is 0. The molecule has 0 saturated heterocycles. The molecule has 0 aromatic rings. The van der Waals surface area contributed by atoms with Crippen LogP contribution in [0.15, 0.2) is 48.6 Å². The summed E-state index contributed by atoms with van der Waals surface area (Å²) in [6.07, 6.45) is 28.9. The first-order valence-corrected chi connectivity index (χ1v) is 18.3. The molecule has 0 N–H and O–H groups in total. The molecule has 0 aliphatic heterocycles. The van der Waals surface area contributed by atoms with Crippen molar-refractivity contribution in [1.29, 1.82) is 0 Å². The minimum absolute atomic E-state index is 0.0445. The largest absolute Gasteiger partial charge is 0.756 e. The molecular formula is C35H62NO8P. The number of ether oxygens (including phenoxy) is 2. The topological polar surface area (TPSA) is 111 Å². The molecule has 0 rings (SSSR count). The van der Waals surface area contributed by atoms with Crippen molar-refractivity contribution in [2.24, 2.45) is 0 Å². The zero-order valence-corrected chi connectivity index (χ0v) is 29.7. The molecule has 0 aliphatic carbocycles. The third-order valence-corrected chi connectivity index (χ3v) is 7.59. The zero-order chi connectivity index (χ0) is 33.7. The first-order chi connectivity index (χ1) is 21.5. The second-order valence-electron chi connectivity index (χ2n) is 12.1. The predicted molar refractivity (Wildman–Crippen MR) is 180 cm³/mol. The zero-order valence-electron chi connectivity index (χ0n) is 28.8. The van der Waals surface area contributed by atoms with E-state index in [1.54, 1.807) is 0 Å². The summed E-state index contributed by atoms with van der Waals surface area (Å²) in [6.45, 7) is 3.94. The van der Waals surface area contributed by atoms with Crippen LogP contribution in [-0.4, -0.2) is 70.0 Å². The number of carbonyl (C=O) groups excluding carboxylic acids is 2. The van der Waals surface area contributed by atoms with Crippen molar-refractivity contribution < 1.29 is 42.1 Å². The third kappa shape index (κ3) is 31.7. The number of phosphoric acid groups is 1. The molecular weight excluding hydrogens is 593 g/mol. The van der Waals surface area contributed by atoms with Gasteiger partial charge in [0.2, 0.25) is 0 Å². The van der Waals surface area contributed by atoms with Gasteiger partial charge in [0, 0.05) is 12.8 Å². The molecule has 9 nitrogen and oxygen atoms in total. The molecule has 0 bridgehead atoms. The summed E-state index contributed by atoms with van der Waals surface area (Å²) in [5.41, 5.74) is 0. The van der Waals surface area contributed by atoms with Crippen molar-refractivity contribution >= 4 is 19.8 Å². The van der Waals surface area contributed by atoms with Gasteiger partial charge in [-0.05, 0) is 38.5 Å². The molecule has 0 aromatic carbocycles. The van der Waals surface area contributed by atoms with E-state index in [0.29, 0.717) is 17.4 Å². The first-order valence-electron chi connectivity index (χ1n) is 16.8. The smallest absolute Gasteiger partial charge is 0.306 e. The van der Waals surface area contributed by atoms with E-state index >= 15 is 0 Å². The number of likely N-dealkylation sites (N-methyl/N-ethyl adjacent to an activating group) is 1. The number of rotatable bonds is 29. The maximum Gasteiger partial charge on any atom is 0.306 e. The van der Waals surface area contributed by atoms with Crippen LogP contribution in [0.5, 0.6) is 0 Å². The van der Waals surface area contributed by atoms with E-state index in [1.165, 1.54) is 25.7 Å². The number of allylic oxidation sites excluding steroid dienone is 8. The van der Waals surface area contributed by atoms with Gasteiger partial charge in [-0.2, -0.15) is 0 Å². The lowest BCUT2D eigenvalue weighted by Crippen LogP contribution is -2.37. The fourth-order valence-corrected chi connectivity index (χ4v) is 4.69. The van der Waals surface area contributed by atoms with Crippen molar-refractivity contribution in [1.82, 2.24) is 0 Å². The summed E-state index contributed by atoms with van der Waals surface area (Å²) < 4.78 is 33.4. The minimum Gasteiger partial charge on any atom is -0.756 e. The Kier molecular flexibility index (Phi) is 26.9. The molecule has 10 heteroatoms. The van der Waals surface area contributed by atoms with Crippen LogP contribution in [0.3, 0.4) is 0 Å². The fraction of sp³-hybridized carbons (Fsp3) is 0.714. The Hall–Kier alpha value is -2.03. The molecule has 0 amide bonds. The normalized spacial score (nSPS) is 14.5. The number of unbranched alkanes of at least 4 members (excludes halogenated alkanes) is 7. The highest BCUT2D eigenvalue weighted by Gasteiger charge is 2.21. The Bertz CT molecular complexity index is 923. The average Bonchev–Trinajstić information content (AvgIpc) is 2.97. The summed E-state index contributed by atoms with van der Waals surface area (Å²) in [6, 6.07) is 0. The Morgan fingerprint density at radius 3 is 1.84 bits per heavy atom.